The number of aromatic nitrogens is 1. The maximum atomic E-state index is 12.8. The van der Waals surface area contributed by atoms with E-state index in [4.69, 9.17) is 0 Å². The van der Waals surface area contributed by atoms with Crippen LogP contribution in [0.4, 0.5) is 0 Å². The van der Waals surface area contributed by atoms with Crippen LogP contribution in [0.2, 0.25) is 0 Å². The van der Waals surface area contributed by atoms with Gasteiger partial charge in [-0.25, -0.2) is 8.42 Å². The Labute approximate surface area is 128 Å². The normalized spacial score (nSPS) is 14.1. The van der Waals surface area contributed by atoms with Gasteiger partial charge in [-0.1, -0.05) is 6.92 Å². The minimum absolute atomic E-state index is 0.113. The molecule has 0 spiro atoms. The molecular weight excluding hydrogens is 290 g/mol. The van der Waals surface area contributed by atoms with E-state index in [9.17, 15) is 13.5 Å². The Balaban J connectivity index is 3.15. The molecule has 0 saturated heterocycles. The summed E-state index contributed by atoms with van der Waals surface area (Å²) in [6.07, 6.45) is 1.60. The number of hydrogen-bond donors (Lipinski definition) is 1. The van der Waals surface area contributed by atoms with Gasteiger partial charge >= 0.3 is 0 Å². The van der Waals surface area contributed by atoms with Gasteiger partial charge in [0.2, 0.25) is 10.0 Å². The average molecular weight is 317 g/mol. The number of nitrogens with zero attached hydrogens (tertiary/aromatic N) is 3. The van der Waals surface area contributed by atoms with E-state index in [-0.39, 0.29) is 17.5 Å². The third kappa shape index (κ3) is 4.06. The molecule has 21 heavy (non-hydrogen) atoms. The van der Waals surface area contributed by atoms with Crippen molar-refractivity contribution in [3.05, 3.63) is 18.0 Å². The predicted octanol–water partition coefficient (Wildman–Crippen LogP) is 0.961. The Morgan fingerprint density at radius 1 is 1.33 bits per heavy atom. The van der Waals surface area contributed by atoms with Crippen molar-refractivity contribution in [2.75, 3.05) is 27.2 Å². The molecule has 0 fully saturated rings. The summed E-state index contributed by atoms with van der Waals surface area (Å²) in [5.74, 6) is 0. The summed E-state index contributed by atoms with van der Waals surface area (Å²) in [5, 5.41) is 9.32. The SMILES string of the molecule is CCN(C(C)CN(C)C)S(=O)(=O)c1cc(CO)n(CC)c1. The maximum Gasteiger partial charge on any atom is 0.244 e. The second-order valence-corrected chi connectivity index (χ2v) is 7.32. The Morgan fingerprint density at radius 3 is 2.33 bits per heavy atom. The largest absolute Gasteiger partial charge is 0.390 e. The molecule has 1 N–H and O–H groups in total. The molecule has 0 aromatic carbocycles. The van der Waals surface area contributed by atoms with E-state index in [0.29, 0.717) is 25.3 Å². The fourth-order valence-corrected chi connectivity index (χ4v) is 4.26. The van der Waals surface area contributed by atoms with E-state index in [1.54, 1.807) is 16.8 Å². The van der Waals surface area contributed by atoms with E-state index in [1.165, 1.54) is 4.31 Å². The summed E-state index contributed by atoms with van der Waals surface area (Å²) in [5.41, 5.74) is 0.618. The summed E-state index contributed by atoms with van der Waals surface area (Å²) >= 11 is 0. The standard InChI is InChI=1S/C14H27N3O3S/c1-6-16-10-14(8-13(16)11-18)21(19,20)17(7-2)12(3)9-15(4)5/h8,10,12,18H,6-7,9,11H2,1-5H3. The zero-order chi connectivity index (χ0) is 16.2. The Kier molecular flexibility index (Phi) is 6.40. The van der Waals surface area contributed by atoms with Crippen LogP contribution in [0.25, 0.3) is 0 Å². The number of likely N-dealkylation sites (N-methyl/N-ethyl adjacent to an activating group) is 2. The summed E-state index contributed by atoms with van der Waals surface area (Å²) in [6.45, 7) is 7.21. The van der Waals surface area contributed by atoms with Gasteiger partial charge in [-0.15, -0.1) is 0 Å². The van der Waals surface area contributed by atoms with Gasteiger partial charge in [0.25, 0.3) is 0 Å². The fraction of sp³-hybridized carbons (Fsp3) is 0.714. The van der Waals surface area contributed by atoms with E-state index in [1.807, 2.05) is 39.8 Å². The quantitative estimate of drug-likeness (QED) is 0.775. The summed E-state index contributed by atoms with van der Waals surface area (Å²) < 4.78 is 28.9. The van der Waals surface area contributed by atoms with Crippen LogP contribution in [-0.2, 0) is 23.2 Å². The molecule has 1 aromatic heterocycles. The number of aliphatic hydroxyl groups is 1. The first-order valence-electron chi connectivity index (χ1n) is 7.24. The Morgan fingerprint density at radius 2 is 1.95 bits per heavy atom. The number of aliphatic hydroxyl groups excluding tert-OH is 1. The average Bonchev–Trinajstić information content (AvgIpc) is 2.82. The van der Waals surface area contributed by atoms with Crippen molar-refractivity contribution in [3.8, 4) is 0 Å². The van der Waals surface area contributed by atoms with Crippen molar-refractivity contribution in [3.63, 3.8) is 0 Å². The molecule has 0 aliphatic rings. The molecule has 0 amide bonds. The molecule has 1 rings (SSSR count). The number of sulfonamides is 1. The van der Waals surface area contributed by atoms with Crippen molar-refractivity contribution in [1.82, 2.24) is 13.8 Å². The minimum Gasteiger partial charge on any atom is -0.390 e. The Hall–Kier alpha value is -0.890. The molecule has 7 heteroatoms. The highest BCUT2D eigenvalue weighted by molar-refractivity contribution is 7.89. The minimum atomic E-state index is -3.54. The molecule has 0 radical (unpaired) electrons. The van der Waals surface area contributed by atoms with Crippen LogP contribution >= 0.6 is 0 Å². The molecule has 0 aliphatic heterocycles. The van der Waals surface area contributed by atoms with Gasteiger partial charge in [-0.3, -0.25) is 0 Å². The molecule has 1 atom stereocenters. The second kappa shape index (κ2) is 7.40. The fourth-order valence-electron chi connectivity index (χ4n) is 2.57. The zero-order valence-electron chi connectivity index (χ0n) is 13.6. The first-order valence-corrected chi connectivity index (χ1v) is 8.68. The van der Waals surface area contributed by atoms with Crippen LogP contribution in [-0.4, -0.2) is 60.5 Å². The molecular formula is C14H27N3O3S. The Bertz CT molecular complexity index is 530. The summed E-state index contributed by atoms with van der Waals surface area (Å²) in [6, 6.07) is 1.45. The third-order valence-corrected chi connectivity index (χ3v) is 5.56. The lowest BCUT2D eigenvalue weighted by atomic mass is 10.3. The number of hydrogen-bond acceptors (Lipinski definition) is 4. The molecule has 1 aromatic rings. The molecule has 1 heterocycles. The maximum absolute atomic E-state index is 12.8. The van der Waals surface area contributed by atoms with Gasteiger partial charge in [0, 0.05) is 37.6 Å². The number of aryl methyl sites for hydroxylation is 1. The highest BCUT2D eigenvalue weighted by Crippen LogP contribution is 2.21. The van der Waals surface area contributed by atoms with Gasteiger partial charge in [-0.2, -0.15) is 4.31 Å². The lowest BCUT2D eigenvalue weighted by Crippen LogP contribution is -2.43. The van der Waals surface area contributed by atoms with Crippen molar-refractivity contribution in [2.45, 2.75) is 44.9 Å². The van der Waals surface area contributed by atoms with Crippen molar-refractivity contribution in [1.29, 1.82) is 0 Å². The molecule has 6 nitrogen and oxygen atoms in total. The molecule has 0 bridgehead atoms. The van der Waals surface area contributed by atoms with Crippen LogP contribution in [0.5, 0.6) is 0 Å². The van der Waals surface area contributed by atoms with Gasteiger partial charge in [-0.05, 0) is 34.0 Å². The topological polar surface area (TPSA) is 65.8 Å². The van der Waals surface area contributed by atoms with E-state index in [0.717, 1.165) is 0 Å². The number of rotatable bonds is 8. The van der Waals surface area contributed by atoms with Crippen LogP contribution in [0, 0.1) is 0 Å². The lowest BCUT2D eigenvalue weighted by molar-refractivity contribution is 0.271. The molecule has 1 unspecified atom stereocenters. The van der Waals surface area contributed by atoms with Crippen molar-refractivity contribution < 1.29 is 13.5 Å². The first kappa shape index (κ1) is 18.2. The van der Waals surface area contributed by atoms with Crippen molar-refractivity contribution >= 4 is 10.0 Å². The summed E-state index contributed by atoms with van der Waals surface area (Å²) in [4.78, 5) is 2.22. The van der Waals surface area contributed by atoms with Crippen LogP contribution in [0.15, 0.2) is 17.2 Å². The third-order valence-electron chi connectivity index (χ3n) is 3.50. The summed E-state index contributed by atoms with van der Waals surface area (Å²) in [7, 11) is 0.307. The van der Waals surface area contributed by atoms with E-state index >= 15 is 0 Å². The van der Waals surface area contributed by atoms with E-state index in [2.05, 4.69) is 0 Å². The van der Waals surface area contributed by atoms with Crippen LogP contribution < -0.4 is 0 Å². The molecule has 0 aliphatic carbocycles. The first-order chi connectivity index (χ1) is 9.77. The van der Waals surface area contributed by atoms with Gasteiger partial charge in [0.15, 0.2) is 0 Å². The molecule has 122 valence electrons. The van der Waals surface area contributed by atoms with Crippen molar-refractivity contribution in [2.24, 2.45) is 0 Å². The predicted molar refractivity (Wildman–Crippen MR) is 83.6 cm³/mol. The monoisotopic (exact) mass is 317 g/mol. The van der Waals surface area contributed by atoms with Gasteiger partial charge < -0.3 is 14.6 Å². The van der Waals surface area contributed by atoms with Gasteiger partial charge in [0.05, 0.1) is 6.61 Å². The molecule has 0 saturated carbocycles. The zero-order valence-corrected chi connectivity index (χ0v) is 14.4. The van der Waals surface area contributed by atoms with Gasteiger partial charge in [0.1, 0.15) is 4.90 Å². The highest BCUT2D eigenvalue weighted by atomic mass is 32.2. The second-order valence-electron chi connectivity index (χ2n) is 5.43. The van der Waals surface area contributed by atoms with Crippen LogP contribution in [0.3, 0.4) is 0 Å². The highest BCUT2D eigenvalue weighted by Gasteiger charge is 2.29. The van der Waals surface area contributed by atoms with Crippen LogP contribution in [0.1, 0.15) is 26.5 Å². The smallest absolute Gasteiger partial charge is 0.244 e. The van der Waals surface area contributed by atoms with E-state index < -0.39 is 10.0 Å². The lowest BCUT2D eigenvalue weighted by Gasteiger charge is -2.28.